The summed E-state index contributed by atoms with van der Waals surface area (Å²) >= 11 is 0. The average Bonchev–Trinajstić information content (AvgIpc) is 2.88. The van der Waals surface area contributed by atoms with Crippen LogP contribution >= 0.6 is 0 Å². The van der Waals surface area contributed by atoms with E-state index in [9.17, 15) is 0 Å². The van der Waals surface area contributed by atoms with Gasteiger partial charge in [0.25, 0.3) is 0 Å². The third-order valence-electron chi connectivity index (χ3n) is 3.89. The maximum Gasteiger partial charge on any atom is 0.0239 e. The standard InChI is InChI=1S/C12H18N2/c1-2-4-9(3-1)11-8-13-7-10-5-6-14-12(10)11/h5-6,9,11,13-14H,1-4,7-8H2. The molecule has 2 heteroatoms. The Kier molecular flexibility index (Phi) is 2.09. The van der Waals surface area contributed by atoms with E-state index in [4.69, 9.17) is 0 Å². The van der Waals surface area contributed by atoms with Crippen molar-refractivity contribution in [3.8, 4) is 0 Å². The van der Waals surface area contributed by atoms with Gasteiger partial charge in [0.15, 0.2) is 0 Å². The van der Waals surface area contributed by atoms with Crippen molar-refractivity contribution < 1.29 is 0 Å². The SMILES string of the molecule is c1cc2c([nH]1)C(C1CCCC1)CNC2. The first-order chi connectivity index (χ1) is 6.95. The molecular weight excluding hydrogens is 172 g/mol. The summed E-state index contributed by atoms with van der Waals surface area (Å²) in [4.78, 5) is 3.44. The van der Waals surface area contributed by atoms with E-state index in [1.807, 2.05) is 0 Å². The average molecular weight is 190 g/mol. The lowest BCUT2D eigenvalue weighted by molar-refractivity contribution is 0.385. The molecule has 2 aliphatic rings. The van der Waals surface area contributed by atoms with E-state index in [-0.39, 0.29) is 0 Å². The quantitative estimate of drug-likeness (QED) is 0.699. The number of hydrogen-bond donors (Lipinski definition) is 2. The highest BCUT2D eigenvalue weighted by atomic mass is 14.9. The highest BCUT2D eigenvalue weighted by molar-refractivity contribution is 5.27. The van der Waals surface area contributed by atoms with Gasteiger partial charge in [0.05, 0.1) is 0 Å². The Morgan fingerprint density at radius 1 is 1.21 bits per heavy atom. The van der Waals surface area contributed by atoms with Crippen LogP contribution in [0.15, 0.2) is 12.3 Å². The Morgan fingerprint density at radius 2 is 2.07 bits per heavy atom. The molecule has 2 N–H and O–H groups in total. The van der Waals surface area contributed by atoms with Crippen molar-refractivity contribution in [1.29, 1.82) is 0 Å². The van der Waals surface area contributed by atoms with Crippen molar-refractivity contribution >= 4 is 0 Å². The van der Waals surface area contributed by atoms with E-state index in [2.05, 4.69) is 22.6 Å². The van der Waals surface area contributed by atoms with Crippen molar-refractivity contribution in [1.82, 2.24) is 10.3 Å². The van der Waals surface area contributed by atoms with Gasteiger partial charge in [-0.05, 0) is 30.4 Å². The topological polar surface area (TPSA) is 27.8 Å². The Morgan fingerprint density at radius 3 is 2.93 bits per heavy atom. The second kappa shape index (κ2) is 3.43. The Bertz CT molecular complexity index is 310. The molecule has 1 saturated carbocycles. The van der Waals surface area contributed by atoms with Gasteiger partial charge in [0, 0.05) is 30.9 Å². The summed E-state index contributed by atoms with van der Waals surface area (Å²) in [5.41, 5.74) is 3.02. The largest absolute Gasteiger partial charge is 0.364 e. The van der Waals surface area contributed by atoms with E-state index >= 15 is 0 Å². The van der Waals surface area contributed by atoms with Crippen molar-refractivity contribution in [2.24, 2.45) is 5.92 Å². The smallest absolute Gasteiger partial charge is 0.0239 e. The van der Waals surface area contributed by atoms with Crippen molar-refractivity contribution in [2.75, 3.05) is 6.54 Å². The van der Waals surface area contributed by atoms with E-state index in [1.165, 1.54) is 43.5 Å². The second-order valence-corrected chi connectivity index (χ2v) is 4.70. The first-order valence-corrected chi connectivity index (χ1v) is 5.82. The maximum absolute atomic E-state index is 3.53. The van der Waals surface area contributed by atoms with Gasteiger partial charge in [0.2, 0.25) is 0 Å². The number of H-pyrrole nitrogens is 1. The number of nitrogens with one attached hydrogen (secondary N) is 2. The molecule has 0 aromatic carbocycles. The van der Waals surface area contributed by atoms with Gasteiger partial charge in [-0.3, -0.25) is 0 Å². The summed E-state index contributed by atoms with van der Waals surface area (Å²) in [7, 11) is 0. The molecule has 1 atom stereocenters. The molecule has 1 fully saturated rings. The minimum absolute atomic E-state index is 0.760. The summed E-state index contributed by atoms with van der Waals surface area (Å²) in [6, 6.07) is 2.23. The van der Waals surface area contributed by atoms with E-state index in [0.29, 0.717) is 0 Å². The van der Waals surface area contributed by atoms with Gasteiger partial charge in [-0.15, -0.1) is 0 Å². The fourth-order valence-electron chi connectivity index (χ4n) is 3.14. The molecule has 1 aliphatic carbocycles. The highest BCUT2D eigenvalue weighted by Gasteiger charge is 2.30. The van der Waals surface area contributed by atoms with Crippen molar-refractivity contribution in [3.63, 3.8) is 0 Å². The molecular formula is C12H18N2. The minimum Gasteiger partial charge on any atom is -0.364 e. The minimum atomic E-state index is 0.760. The Balaban J connectivity index is 1.88. The third kappa shape index (κ3) is 1.29. The lowest BCUT2D eigenvalue weighted by atomic mass is 9.84. The van der Waals surface area contributed by atoms with Gasteiger partial charge in [-0.1, -0.05) is 12.8 Å². The molecule has 1 aromatic rings. The fraction of sp³-hybridized carbons (Fsp3) is 0.667. The Labute approximate surface area is 85.1 Å². The molecule has 0 amide bonds. The van der Waals surface area contributed by atoms with Crippen LogP contribution in [-0.4, -0.2) is 11.5 Å². The predicted octanol–water partition coefficient (Wildman–Crippen LogP) is 2.39. The summed E-state index contributed by atoms with van der Waals surface area (Å²) in [6.07, 6.45) is 7.85. The zero-order valence-corrected chi connectivity index (χ0v) is 8.55. The van der Waals surface area contributed by atoms with Crippen LogP contribution in [0.1, 0.15) is 42.9 Å². The molecule has 14 heavy (non-hydrogen) atoms. The van der Waals surface area contributed by atoms with Crippen LogP contribution in [0.25, 0.3) is 0 Å². The molecule has 0 spiro atoms. The van der Waals surface area contributed by atoms with Crippen LogP contribution in [-0.2, 0) is 6.54 Å². The van der Waals surface area contributed by atoms with Crippen LogP contribution < -0.4 is 5.32 Å². The third-order valence-corrected chi connectivity index (χ3v) is 3.89. The maximum atomic E-state index is 3.53. The molecule has 76 valence electrons. The van der Waals surface area contributed by atoms with Gasteiger partial charge in [-0.2, -0.15) is 0 Å². The molecule has 0 bridgehead atoms. The van der Waals surface area contributed by atoms with Crippen LogP contribution in [0.3, 0.4) is 0 Å². The molecule has 1 aromatic heterocycles. The van der Waals surface area contributed by atoms with Crippen LogP contribution in [0, 0.1) is 5.92 Å². The van der Waals surface area contributed by atoms with Crippen molar-refractivity contribution in [3.05, 3.63) is 23.5 Å². The lowest BCUT2D eigenvalue weighted by Gasteiger charge is -2.28. The molecule has 1 aliphatic heterocycles. The zero-order chi connectivity index (χ0) is 9.38. The van der Waals surface area contributed by atoms with Gasteiger partial charge < -0.3 is 10.3 Å². The number of aromatic nitrogens is 1. The summed E-state index contributed by atoms with van der Waals surface area (Å²) in [6.45, 7) is 2.24. The summed E-state index contributed by atoms with van der Waals surface area (Å²) in [5.74, 6) is 1.69. The molecule has 2 heterocycles. The highest BCUT2D eigenvalue weighted by Crippen LogP contribution is 2.38. The first-order valence-electron chi connectivity index (χ1n) is 5.82. The van der Waals surface area contributed by atoms with Gasteiger partial charge in [-0.25, -0.2) is 0 Å². The van der Waals surface area contributed by atoms with Gasteiger partial charge >= 0.3 is 0 Å². The van der Waals surface area contributed by atoms with Crippen LogP contribution in [0.5, 0.6) is 0 Å². The predicted molar refractivity (Wildman–Crippen MR) is 57.2 cm³/mol. The first kappa shape index (κ1) is 8.54. The fourth-order valence-corrected chi connectivity index (χ4v) is 3.14. The van der Waals surface area contributed by atoms with Crippen LogP contribution in [0.4, 0.5) is 0 Å². The molecule has 3 rings (SSSR count). The van der Waals surface area contributed by atoms with E-state index in [0.717, 1.165) is 18.4 Å². The summed E-state index contributed by atoms with van der Waals surface area (Å²) < 4.78 is 0. The number of aromatic amines is 1. The van der Waals surface area contributed by atoms with Crippen molar-refractivity contribution in [2.45, 2.75) is 38.1 Å². The number of rotatable bonds is 1. The van der Waals surface area contributed by atoms with E-state index < -0.39 is 0 Å². The number of fused-ring (bicyclic) bond motifs is 1. The normalized spacial score (nSPS) is 27.9. The molecule has 1 unspecified atom stereocenters. The van der Waals surface area contributed by atoms with Gasteiger partial charge in [0.1, 0.15) is 0 Å². The monoisotopic (exact) mass is 190 g/mol. The summed E-state index contributed by atoms with van der Waals surface area (Å²) in [5, 5.41) is 3.53. The number of hydrogen-bond acceptors (Lipinski definition) is 1. The Hall–Kier alpha value is -0.760. The van der Waals surface area contributed by atoms with E-state index in [1.54, 1.807) is 0 Å². The second-order valence-electron chi connectivity index (χ2n) is 4.70. The van der Waals surface area contributed by atoms with Crippen LogP contribution in [0.2, 0.25) is 0 Å². The molecule has 0 saturated heterocycles. The molecule has 0 radical (unpaired) electrons. The molecule has 2 nitrogen and oxygen atoms in total. The lowest BCUT2D eigenvalue weighted by Crippen LogP contribution is -2.31. The zero-order valence-electron chi connectivity index (χ0n) is 8.55.